The average Bonchev–Trinajstić information content (AvgIpc) is 3.21. The minimum absolute atomic E-state index is 0.0694. The number of rotatable bonds is 5. The predicted molar refractivity (Wildman–Crippen MR) is 76.6 cm³/mol. The summed E-state index contributed by atoms with van der Waals surface area (Å²) in [6, 6.07) is 6.17. The van der Waals surface area contributed by atoms with Gasteiger partial charge in [-0.3, -0.25) is 0 Å². The SMILES string of the molecule is O=C1OC(CNS(=O)(=O)c2ccc(Cl)cc2)CN1C1CC1. The molecule has 0 aromatic heterocycles. The molecule has 21 heavy (non-hydrogen) atoms. The van der Waals surface area contributed by atoms with E-state index >= 15 is 0 Å². The molecule has 1 N–H and O–H groups in total. The highest BCUT2D eigenvalue weighted by molar-refractivity contribution is 7.89. The van der Waals surface area contributed by atoms with Crippen LogP contribution >= 0.6 is 11.6 Å². The Morgan fingerprint density at radius 3 is 2.57 bits per heavy atom. The number of sulfonamides is 1. The number of halogens is 1. The molecule has 1 aliphatic carbocycles. The highest BCUT2D eigenvalue weighted by Crippen LogP contribution is 2.30. The maximum absolute atomic E-state index is 12.1. The highest BCUT2D eigenvalue weighted by atomic mass is 35.5. The molecule has 0 radical (unpaired) electrons. The standard InChI is InChI=1S/C13H15ClN2O4S/c14-9-1-5-12(6-2-9)21(18,19)15-7-11-8-16(10-3-4-10)13(17)20-11/h1-2,5-6,10-11,15H,3-4,7-8H2. The van der Waals surface area contributed by atoms with Crippen LogP contribution in [0.2, 0.25) is 5.02 Å². The van der Waals surface area contributed by atoms with Crippen LogP contribution in [0.1, 0.15) is 12.8 Å². The molecular weight excluding hydrogens is 316 g/mol. The fourth-order valence-corrected chi connectivity index (χ4v) is 3.42. The van der Waals surface area contributed by atoms with Crippen molar-refractivity contribution in [2.75, 3.05) is 13.1 Å². The number of benzene rings is 1. The van der Waals surface area contributed by atoms with E-state index in [-0.39, 0.29) is 23.6 Å². The first-order chi connectivity index (χ1) is 9.95. The Bertz CT molecular complexity index is 643. The second-order valence-electron chi connectivity index (χ2n) is 5.20. The van der Waals surface area contributed by atoms with Crippen molar-refractivity contribution in [2.24, 2.45) is 0 Å². The molecule has 2 fully saturated rings. The summed E-state index contributed by atoms with van der Waals surface area (Å²) in [5, 5.41) is 0.471. The van der Waals surface area contributed by atoms with Gasteiger partial charge in [0.25, 0.3) is 0 Å². The quantitative estimate of drug-likeness (QED) is 0.889. The number of ether oxygens (including phenoxy) is 1. The van der Waals surface area contributed by atoms with Crippen LogP contribution in [0.5, 0.6) is 0 Å². The van der Waals surface area contributed by atoms with E-state index in [9.17, 15) is 13.2 Å². The fraction of sp³-hybridized carbons (Fsp3) is 0.462. The number of nitrogens with zero attached hydrogens (tertiary/aromatic N) is 1. The van der Waals surface area contributed by atoms with E-state index in [2.05, 4.69) is 4.72 Å². The first-order valence-corrected chi connectivity index (χ1v) is 8.54. The van der Waals surface area contributed by atoms with E-state index in [0.717, 1.165) is 12.8 Å². The molecule has 0 spiro atoms. The molecule has 1 atom stereocenters. The van der Waals surface area contributed by atoms with Gasteiger partial charge >= 0.3 is 6.09 Å². The van der Waals surface area contributed by atoms with Crippen molar-refractivity contribution in [3.05, 3.63) is 29.3 Å². The molecule has 1 amide bonds. The van der Waals surface area contributed by atoms with Gasteiger partial charge < -0.3 is 9.64 Å². The number of hydrogen-bond donors (Lipinski definition) is 1. The van der Waals surface area contributed by atoms with E-state index in [1.165, 1.54) is 24.3 Å². The third-order valence-corrected chi connectivity index (χ3v) is 5.21. The van der Waals surface area contributed by atoms with Gasteiger partial charge in [-0.1, -0.05) is 11.6 Å². The molecule has 1 heterocycles. The van der Waals surface area contributed by atoms with Gasteiger partial charge in [-0.2, -0.15) is 0 Å². The smallest absolute Gasteiger partial charge is 0.410 e. The summed E-state index contributed by atoms with van der Waals surface area (Å²) in [5.74, 6) is 0. The van der Waals surface area contributed by atoms with Gasteiger partial charge in [-0.25, -0.2) is 17.9 Å². The normalized spacial score (nSPS) is 22.4. The number of hydrogen-bond acceptors (Lipinski definition) is 4. The van der Waals surface area contributed by atoms with Crippen LogP contribution in [0, 0.1) is 0 Å². The number of carbonyl (C=O) groups is 1. The average molecular weight is 331 g/mol. The Morgan fingerprint density at radius 1 is 1.29 bits per heavy atom. The molecule has 0 bridgehead atoms. The maximum atomic E-state index is 12.1. The van der Waals surface area contributed by atoms with Gasteiger partial charge in [0.2, 0.25) is 10.0 Å². The molecule has 1 saturated heterocycles. The van der Waals surface area contributed by atoms with Gasteiger partial charge in [0.15, 0.2) is 0 Å². The van der Waals surface area contributed by atoms with Gasteiger partial charge in [0.05, 0.1) is 11.4 Å². The Hall–Kier alpha value is -1.31. The molecule has 114 valence electrons. The molecule has 8 heteroatoms. The molecule has 3 rings (SSSR count). The third-order valence-electron chi connectivity index (χ3n) is 3.51. The molecule has 6 nitrogen and oxygen atoms in total. The maximum Gasteiger partial charge on any atom is 0.410 e. The summed E-state index contributed by atoms with van der Waals surface area (Å²) in [6.07, 6.45) is 1.20. The zero-order valence-electron chi connectivity index (χ0n) is 11.2. The summed E-state index contributed by atoms with van der Waals surface area (Å²) in [5.41, 5.74) is 0. The minimum atomic E-state index is -3.62. The van der Waals surface area contributed by atoms with E-state index in [0.29, 0.717) is 11.6 Å². The van der Waals surface area contributed by atoms with Crippen molar-refractivity contribution in [3.63, 3.8) is 0 Å². The fourth-order valence-electron chi connectivity index (χ4n) is 2.23. The second kappa shape index (κ2) is 5.47. The predicted octanol–water partition coefficient (Wildman–Crippen LogP) is 1.60. The summed E-state index contributed by atoms with van der Waals surface area (Å²) < 4.78 is 31.8. The van der Waals surface area contributed by atoms with Crippen LogP contribution in [0.15, 0.2) is 29.2 Å². The lowest BCUT2D eigenvalue weighted by molar-refractivity contribution is 0.133. The Balaban J connectivity index is 1.59. The molecular formula is C13H15ClN2O4S. The largest absolute Gasteiger partial charge is 0.443 e. The van der Waals surface area contributed by atoms with Crippen LogP contribution in [0.4, 0.5) is 4.79 Å². The lowest BCUT2D eigenvalue weighted by Gasteiger charge is -2.11. The van der Waals surface area contributed by atoms with Crippen LogP contribution in [-0.4, -0.2) is 44.6 Å². The molecule has 1 aliphatic heterocycles. The van der Waals surface area contributed by atoms with Crippen molar-refractivity contribution in [1.29, 1.82) is 0 Å². The molecule has 2 aliphatic rings. The summed E-state index contributed by atoms with van der Waals surface area (Å²) >= 11 is 5.73. The zero-order chi connectivity index (χ0) is 15.0. The van der Waals surface area contributed by atoms with E-state index < -0.39 is 16.1 Å². The minimum Gasteiger partial charge on any atom is -0.443 e. The molecule has 1 saturated carbocycles. The molecule has 1 aromatic rings. The van der Waals surface area contributed by atoms with Crippen molar-refractivity contribution >= 4 is 27.7 Å². The highest BCUT2D eigenvalue weighted by Gasteiger charge is 2.41. The van der Waals surface area contributed by atoms with Gasteiger partial charge in [-0.05, 0) is 37.1 Å². The van der Waals surface area contributed by atoms with Crippen LogP contribution in [0.3, 0.4) is 0 Å². The number of cyclic esters (lactones) is 1. The van der Waals surface area contributed by atoms with Gasteiger partial charge in [0.1, 0.15) is 6.10 Å². The van der Waals surface area contributed by atoms with Crippen LogP contribution < -0.4 is 4.72 Å². The third kappa shape index (κ3) is 3.30. The van der Waals surface area contributed by atoms with Gasteiger partial charge in [-0.15, -0.1) is 0 Å². The summed E-state index contributed by atoms with van der Waals surface area (Å²) in [6.45, 7) is 0.507. The number of amides is 1. The Morgan fingerprint density at radius 2 is 1.95 bits per heavy atom. The summed E-state index contributed by atoms with van der Waals surface area (Å²) in [4.78, 5) is 13.4. The monoisotopic (exact) mass is 330 g/mol. The Labute approximate surface area is 128 Å². The Kier molecular flexibility index (Phi) is 3.81. The van der Waals surface area contributed by atoms with Crippen molar-refractivity contribution in [2.45, 2.75) is 29.9 Å². The number of nitrogens with one attached hydrogen (secondary N) is 1. The van der Waals surface area contributed by atoms with Crippen molar-refractivity contribution in [3.8, 4) is 0 Å². The molecule has 1 unspecified atom stereocenters. The lowest BCUT2D eigenvalue weighted by Crippen LogP contribution is -2.35. The van der Waals surface area contributed by atoms with Gasteiger partial charge in [0, 0.05) is 17.6 Å². The van der Waals surface area contributed by atoms with Crippen molar-refractivity contribution < 1.29 is 17.9 Å². The zero-order valence-corrected chi connectivity index (χ0v) is 12.7. The first-order valence-electron chi connectivity index (χ1n) is 6.68. The van der Waals surface area contributed by atoms with E-state index in [4.69, 9.17) is 16.3 Å². The van der Waals surface area contributed by atoms with Crippen LogP contribution in [0.25, 0.3) is 0 Å². The lowest BCUT2D eigenvalue weighted by atomic mass is 10.3. The van der Waals surface area contributed by atoms with Crippen LogP contribution in [-0.2, 0) is 14.8 Å². The second-order valence-corrected chi connectivity index (χ2v) is 7.40. The first kappa shape index (κ1) is 14.6. The molecule has 1 aromatic carbocycles. The van der Waals surface area contributed by atoms with E-state index in [1.54, 1.807) is 4.90 Å². The summed E-state index contributed by atoms with van der Waals surface area (Å²) in [7, 11) is -3.62. The topological polar surface area (TPSA) is 75.7 Å². The number of carbonyl (C=O) groups excluding carboxylic acids is 1. The van der Waals surface area contributed by atoms with E-state index in [1.807, 2.05) is 0 Å². The van der Waals surface area contributed by atoms with Crippen molar-refractivity contribution in [1.82, 2.24) is 9.62 Å².